The summed E-state index contributed by atoms with van der Waals surface area (Å²) in [6.07, 6.45) is 1.44. The highest BCUT2D eigenvalue weighted by atomic mass is 19.1. The molecule has 0 aliphatic heterocycles. The van der Waals surface area contributed by atoms with E-state index in [1.54, 1.807) is 33.7 Å². The highest BCUT2D eigenvalue weighted by molar-refractivity contribution is 5.94. The largest absolute Gasteiger partial charge is 0.328 e. The zero-order valence-electron chi connectivity index (χ0n) is 22.0. The monoisotopic (exact) mass is 519 g/mol. The van der Waals surface area contributed by atoms with Gasteiger partial charge in [-0.2, -0.15) is 0 Å². The van der Waals surface area contributed by atoms with Crippen LogP contribution in [0.2, 0.25) is 0 Å². The number of fused-ring (bicyclic) bond motifs is 1. The molecule has 0 N–H and O–H groups in total. The number of amides is 1. The van der Waals surface area contributed by atoms with E-state index in [1.165, 1.54) is 12.1 Å². The van der Waals surface area contributed by atoms with Gasteiger partial charge in [-0.05, 0) is 67.3 Å². The number of aryl methyl sites for hydroxylation is 1. The zero-order chi connectivity index (χ0) is 27.4. The van der Waals surface area contributed by atoms with Gasteiger partial charge in [-0.25, -0.2) is 9.37 Å². The fraction of sp³-hybridized carbons (Fsp3) is 0.182. The van der Waals surface area contributed by atoms with Crippen LogP contribution in [-0.2, 0) is 12.8 Å². The van der Waals surface area contributed by atoms with E-state index < -0.39 is 17.8 Å². The van der Waals surface area contributed by atoms with Crippen molar-refractivity contribution in [1.29, 1.82) is 0 Å². The molecule has 1 amide bonds. The average molecular weight is 520 g/mol. The van der Waals surface area contributed by atoms with Crippen LogP contribution >= 0.6 is 0 Å². The van der Waals surface area contributed by atoms with Crippen molar-refractivity contribution in [3.05, 3.63) is 142 Å². The smallest absolute Gasteiger partial charge is 0.266 e. The van der Waals surface area contributed by atoms with Gasteiger partial charge in [0.05, 0.1) is 28.2 Å². The fourth-order valence-electron chi connectivity index (χ4n) is 4.85. The van der Waals surface area contributed by atoms with Crippen LogP contribution in [0.1, 0.15) is 47.2 Å². The summed E-state index contributed by atoms with van der Waals surface area (Å²) in [4.78, 5) is 34.2. The highest BCUT2D eigenvalue weighted by Gasteiger charge is 2.29. The molecule has 0 saturated carbocycles. The molecule has 1 heterocycles. The minimum absolute atomic E-state index is 0.0144. The standard InChI is InChI=1S/C33H30FN3O2/c1-3-24-17-19-26(20-18-24)37-31(35-30-16-10-8-14-28(30)33(37)39)23(2)36(22-21-25-11-5-4-6-12-25)32(38)27-13-7-9-15-29(27)34/h4-20,23H,3,21-22H2,1-2H3. The van der Waals surface area contributed by atoms with Crippen LogP contribution in [0.5, 0.6) is 0 Å². The van der Waals surface area contributed by atoms with E-state index in [9.17, 15) is 14.0 Å². The van der Waals surface area contributed by atoms with Crippen molar-refractivity contribution in [3.8, 4) is 5.69 Å². The zero-order valence-corrected chi connectivity index (χ0v) is 22.0. The second kappa shape index (κ2) is 11.4. The third-order valence-corrected chi connectivity index (χ3v) is 7.09. The summed E-state index contributed by atoms with van der Waals surface area (Å²) in [7, 11) is 0. The molecule has 5 rings (SSSR count). The molecule has 39 heavy (non-hydrogen) atoms. The summed E-state index contributed by atoms with van der Waals surface area (Å²) in [6, 6.07) is 30.2. The number of hydrogen-bond acceptors (Lipinski definition) is 3. The van der Waals surface area contributed by atoms with Crippen molar-refractivity contribution in [2.45, 2.75) is 32.7 Å². The number of aromatic nitrogens is 2. The first-order valence-corrected chi connectivity index (χ1v) is 13.2. The second-order valence-electron chi connectivity index (χ2n) is 9.54. The van der Waals surface area contributed by atoms with E-state index in [2.05, 4.69) is 6.92 Å². The predicted octanol–water partition coefficient (Wildman–Crippen LogP) is 6.53. The molecule has 0 fully saturated rings. The Morgan fingerprint density at radius 1 is 0.872 bits per heavy atom. The normalized spacial score (nSPS) is 11.9. The maximum absolute atomic E-state index is 14.8. The molecule has 1 unspecified atom stereocenters. The average Bonchev–Trinajstić information content (AvgIpc) is 2.98. The van der Waals surface area contributed by atoms with Gasteiger partial charge in [-0.3, -0.25) is 14.2 Å². The van der Waals surface area contributed by atoms with E-state index in [0.717, 1.165) is 17.5 Å². The van der Waals surface area contributed by atoms with Crippen LogP contribution in [-0.4, -0.2) is 26.9 Å². The van der Waals surface area contributed by atoms with Crippen molar-refractivity contribution in [1.82, 2.24) is 14.5 Å². The molecule has 5 nitrogen and oxygen atoms in total. The third kappa shape index (κ3) is 5.36. The van der Waals surface area contributed by atoms with Gasteiger partial charge in [0.25, 0.3) is 11.5 Å². The molecule has 196 valence electrons. The molecule has 1 atom stereocenters. The Labute approximate surface area is 227 Å². The van der Waals surface area contributed by atoms with Crippen molar-refractivity contribution >= 4 is 16.8 Å². The van der Waals surface area contributed by atoms with E-state index in [0.29, 0.717) is 35.4 Å². The number of benzene rings is 4. The number of carbonyl (C=O) groups is 1. The first-order valence-electron chi connectivity index (χ1n) is 13.2. The van der Waals surface area contributed by atoms with Gasteiger partial charge in [-0.1, -0.05) is 73.7 Å². The molecule has 4 aromatic carbocycles. The Kier molecular flexibility index (Phi) is 7.64. The van der Waals surface area contributed by atoms with Gasteiger partial charge >= 0.3 is 0 Å². The topological polar surface area (TPSA) is 55.2 Å². The molecule has 5 aromatic rings. The Bertz CT molecular complexity index is 1660. The molecule has 0 spiro atoms. The summed E-state index contributed by atoms with van der Waals surface area (Å²) in [5.41, 5.74) is 3.18. The first-order chi connectivity index (χ1) is 19.0. The van der Waals surface area contributed by atoms with Gasteiger partial charge < -0.3 is 4.90 Å². The molecule has 6 heteroatoms. The molecule has 0 bridgehead atoms. The van der Waals surface area contributed by atoms with Crippen LogP contribution in [0.15, 0.2) is 108 Å². The second-order valence-corrected chi connectivity index (χ2v) is 9.54. The lowest BCUT2D eigenvalue weighted by Gasteiger charge is -2.31. The van der Waals surface area contributed by atoms with E-state index in [1.807, 2.05) is 73.7 Å². The SMILES string of the molecule is CCc1ccc(-n2c(C(C)N(CCc3ccccc3)C(=O)c3ccccc3F)nc3ccccc3c2=O)cc1. The fourth-order valence-corrected chi connectivity index (χ4v) is 4.85. The maximum atomic E-state index is 14.8. The van der Waals surface area contributed by atoms with Crippen LogP contribution < -0.4 is 5.56 Å². The lowest BCUT2D eigenvalue weighted by molar-refractivity contribution is 0.0679. The van der Waals surface area contributed by atoms with Gasteiger partial charge in [0, 0.05) is 6.54 Å². The predicted molar refractivity (Wildman–Crippen MR) is 153 cm³/mol. The molecule has 0 aliphatic carbocycles. The Hall–Kier alpha value is -4.58. The summed E-state index contributed by atoms with van der Waals surface area (Å²) in [6.45, 7) is 4.23. The number of hydrogen-bond donors (Lipinski definition) is 0. The van der Waals surface area contributed by atoms with Gasteiger partial charge in [0.15, 0.2) is 0 Å². The molecular formula is C33H30FN3O2. The van der Waals surface area contributed by atoms with E-state index >= 15 is 0 Å². The lowest BCUT2D eigenvalue weighted by atomic mass is 10.1. The molecule has 0 radical (unpaired) electrons. The summed E-state index contributed by atoms with van der Waals surface area (Å²) < 4.78 is 16.4. The number of nitrogens with zero attached hydrogens (tertiary/aromatic N) is 3. The van der Waals surface area contributed by atoms with Crippen LogP contribution in [0.3, 0.4) is 0 Å². The maximum Gasteiger partial charge on any atom is 0.266 e. The molecular weight excluding hydrogens is 489 g/mol. The van der Waals surface area contributed by atoms with Gasteiger partial charge in [0.2, 0.25) is 0 Å². The van der Waals surface area contributed by atoms with E-state index in [4.69, 9.17) is 4.98 Å². The van der Waals surface area contributed by atoms with Crippen LogP contribution in [0, 0.1) is 5.82 Å². The van der Waals surface area contributed by atoms with Crippen LogP contribution in [0.4, 0.5) is 4.39 Å². The molecule has 0 saturated heterocycles. The minimum Gasteiger partial charge on any atom is -0.328 e. The lowest BCUT2D eigenvalue weighted by Crippen LogP contribution is -2.39. The van der Waals surface area contributed by atoms with Gasteiger partial charge in [0.1, 0.15) is 11.6 Å². The third-order valence-electron chi connectivity index (χ3n) is 7.09. The molecule has 0 aliphatic rings. The van der Waals surface area contributed by atoms with Crippen LogP contribution in [0.25, 0.3) is 16.6 Å². The van der Waals surface area contributed by atoms with Crippen molar-refractivity contribution in [2.24, 2.45) is 0 Å². The highest BCUT2D eigenvalue weighted by Crippen LogP contribution is 2.26. The Balaban J connectivity index is 1.66. The van der Waals surface area contributed by atoms with Gasteiger partial charge in [-0.15, -0.1) is 0 Å². The van der Waals surface area contributed by atoms with E-state index in [-0.39, 0.29) is 11.1 Å². The number of rotatable bonds is 8. The summed E-state index contributed by atoms with van der Waals surface area (Å²) in [5.74, 6) is -0.619. The van der Waals surface area contributed by atoms with Crippen molar-refractivity contribution < 1.29 is 9.18 Å². The minimum atomic E-state index is -0.635. The summed E-state index contributed by atoms with van der Waals surface area (Å²) in [5, 5.41) is 0.490. The first kappa shape index (κ1) is 26.0. The number of halogens is 1. The van der Waals surface area contributed by atoms with Crippen molar-refractivity contribution in [3.63, 3.8) is 0 Å². The van der Waals surface area contributed by atoms with Crippen molar-refractivity contribution in [2.75, 3.05) is 6.54 Å². The number of para-hydroxylation sites is 1. The Morgan fingerprint density at radius 2 is 1.54 bits per heavy atom. The number of carbonyl (C=O) groups excluding carboxylic acids is 1. The summed E-state index contributed by atoms with van der Waals surface area (Å²) >= 11 is 0. The Morgan fingerprint density at radius 3 is 2.26 bits per heavy atom. The quantitative estimate of drug-likeness (QED) is 0.234. The molecule has 1 aromatic heterocycles.